The Hall–Kier alpha value is -2.44. The summed E-state index contributed by atoms with van der Waals surface area (Å²) in [5.74, 6) is -0.439. The fourth-order valence-corrected chi connectivity index (χ4v) is 2.15. The van der Waals surface area contributed by atoms with Crippen molar-refractivity contribution >= 4 is 5.97 Å². The molecule has 0 amide bonds. The number of hydrogen-bond acceptors (Lipinski definition) is 5. The fraction of sp³-hybridized carbons (Fsp3) is 0.429. The molecule has 21 heavy (non-hydrogen) atoms. The zero-order valence-electron chi connectivity index (χ0n) is 12.6. The first-order valence-electron chi connectivity index (χ1n) is 6.67. The van der Waals surface area contributed by atoms with Gasteiger partial charge in [0.2, 0.25) is 0 Å². The lowest BCUT2D eigenvalue weighted by molar-refractivity contribution is 0.0524. The molecule has 0 spiro atoms. The van der Waals surface area contributed by atoms with E-state index in [0.717, 1.165) is 5.69 Å². The molecule has 0 radical (unpaired) electrons. The van der Waals surface area contributed by atoms with E-state index in [2.05, 4.69) is 10.1 Å². The van der Waals surface area contributed by atoms with Crippen LogP contribution < -0.4 is 5.69 Å². The quantitative estimate of drug-likeness (QED) is 0.779. The van der Waals surface area contributed by atoms with E-state index in [1.165, 1.54) is 10.8 Å². The predicted octanol–water partition coefficient (Wildman–Crippen LogP) is 0.819. The predicted molar refractivity (Wildman–Crippen MR) is 76.2 cm³/mol. The summed E-state index contributed by atoms with van der Waals surface area (Å²) in [6, 6.07) is 1.82. The van der Waals surface area contributed by atoms with Gasteiger partial charge in [0, 0.05) is 18.4 Å². The van der Waals surface area contributed by atoms with Gasteiger partial charge in [-0.25, -0.2) is 9.59 Å². The van der Waals surface area contributed by atoms with E-state index in [9.17, 15) is 9.59 Å². The van der Waals surface area contributed by atoms with Crippen LogP contribution >= 0.6 is 0 Å². The molecule has 0 aromatic carbocycles. The number of hydrogen-bond donors (Lipinski definition) is 0. The second kappa shape index (κ2) is 5.90. The number of rotatable bonds is 4. The van der Waals surface area contributed by atoms with Gasteiger partial charge < -0.3 is 4.74 Å². The number of ether oxygens (including phenoxy) is 1. The van der Waals surface area contributed by atoms with Crippen LogP contribution in [0, 0.1) is 13.8 Å². The maximum Gasteiger partial charge on any atom is 0.348 e. The van der Waals surface area contributed by atoms with Crippen LogP contribution in [0.15, 0.2) is 17.1 Å². The summed E-state index contributed by atoms with van der Waals surface area (Å²) >= 11 is 0. The number of carbonyl (C=O) groups excluding carboxylic acids is 1. The van der Waals surface area contributed by atoms with Crippen LogP contribution in [0.1, 0.15) is 34.4 Å². The third-order valence-corrected chi connectivity index (χ3v) is 3.21. The zero-order valence-corrected chi connectivity index (χ0v) is 12.6. The third-order valence-electron chi connectivity index (χ3n) is 3.21. The van der Waals surface area contributed by atoms with Crippen LogP contribution in [0.25, 0.3) is 0 Å². The van der Waals surface area contributed by atoms with Gasteiger partial charge in [-0.05, 0) is 26.8 Å². The minimum atomic E-state index is -0.439. The monoisotopic (exact) mass is 290 g/mol. The van der Waals surface area contributed by atoms with Crippen molar-refractivity contribution in [2.45, 2.75) is 27.3 Å². The molecule has 0 aliphatic rings. The minimum absolute atomic E-state index is 0.225. The second-order valence-corrected chi connectivity index (χ2v) is 4.76. The molecule has 0 unspecified atom stereocenters. The molecule has 0 saturated carbocycles. The molecule has 0 aliphatic carbocycles. The Morgan fingerprint density at radius 1 is 1.38 bits per heavy atom. The number of aryl methyl sites for hydroxylation is 3. The number of nitrogens with zero attached hydrogens (tertiary/aromatic N) is 4. The SMILES string of the molecule is CCOC(=O)c1cnn(C)c1Cn1c(C)cc(C)nc1=O. The Labute approximate surface area is 122 Å². The van der Waals surface area contributed by atoms with Crippen molar-refractivity contribution in [1.82, 2.24) is 19.3 Å². The molecular weight excluding hydrogens is 272 g/mol. The summed E-state index contributed by atoms with van der Waals surface area (Å²) in [7, 11) is 1.72. The van der Waals surface area contributed by atoms with Crippen molar-refractivity contribution in [2.75, 3.05) is 6.61 Å². The third kappa shape index (κ3) is 3.01. The van der Waals surface area contributed by atoms with Crippen LogP contribution in [-0.2, 0) is 18.3 Å². The van der Waals surface area contributed by atoms with Crippen LogP contribution in [0.2, 0.25) is 0 Å². The Bertz CT molecular complexity index is 730. The largest absolute Gasteiger partial charge is 0.462 e. The van der Waals surface area contributed by atoms with E-state index in [4.69, 9.17) is 4.74 Å². The molecule has 0 aliphatic heterocycles. The Morgan fingerprint density at radius 2 is 2.10 bits per heavy atom. The van der Waals surface area contributed by atoms with E-state index < -0.39 is 5.97 Å². The molecular formula is C14H18N4O3. The molecule has 0 N–H and O–H groups in total. The van der Waals surface area contributed by atoms with Crippen LogP contribution in [0.3, 0.4) is 0 Å². The summed E-state index contributed by atoms with van der Waals surface area (Å²) < 4.78 is 8.08. The minimum Gasteiger partial charge on any atom is -0.462 e. The summed E-state index contributed by atoms with van der Waals surface area (Å²) in [4.78, 5) is 27.8. The molecule has 0 atom stereocenters. The molecule has 0 bridgehead atoms. The van der Waals surface area contributed by atoms with Crippen LogP contribution in [0.5, 0.6) is 0 Å². The first-order chi connectivity index (χ1) is 9.93. The van der Waals surface area contributed by atoms with E-state index >= 15 is 0 Å². The summed E-state index contributed by atoms with van der Waals surface area (Å²) in [6.45, 7) is 5.86. The lowest BCUT2D eigenvalue weighted by Crippen LogP contribution is -2.27. The summed E-state index contributed by atoms with van der Waals surface area (Å²) in [6.07, 6.45) is 1.45. The zero-order chi connectivity index (χ0) is 15.6. The summed E-state index contributed by atoms with van der Waals surface area (Å²) in [5, 5.41) is 4.07. The van der Waals surface area contributed by atoms with Gasteiger partial charge in [0.25, 0.3) is 0 Å². The fourth-order valence-electron chi connectivity index (χ4n) is 2.15. The molecule has 7 heteroatoms. The van der Waals surface area contributed by atoms with Gasteiger partial charge in [-0.3, -0.25) is 9.25 Å². The highest BCUT2D eigenvalue weighted by Gasteiger charge is 2.18. The van der Waals surface area contributed by atoms with Gasteiger partial charge in [0.1, 0.15) is 5.56 Å². The van der Waals surface area contributed by atoms with Crippen LogP contribution in [0.4, 0.5) is 0 Å². The molecule has 2 rings (SSSR count). The van der Waals surface area contributed by atoms with E-state index in [0.29, 0.717) is 17.0 Å². The molecule has 0 fully saturated rings. The average Bonchev–Trinajstić information content (AvgIpc) is 2.75. The lowest BCUT2D eigenvalue weighted by atomic mass is 10.2. The van der Waals surface area contributed by atoms with E-state index in [1.807, 2.05) is 13.0 Å². The van der Waals surface area contributed by atoms with Crippen LogP contribution in [-0.4, -0.2) is 31.9 Å². The van der Waals surface area contributed by atoms with Gasteiger partial charge in [-0.1, -0.05) is 0 Å². The van der Waals surface area contributed by atoms with Gasteiger partial charge in [-0.15, -0.1) is 0 Å². The average molecular weight is 290 g/mol. The van der Waals surface area contributed by atoms with Gasteiger partial charge in [0.05, 0.1) is 25.0 Å². The Morgan fingerprint density at radius 3 is 2.71 bits per heavy atom. The molecule has 2 aromatic rings. The molecule has 112 valence electrons. The van der Waals surface area contributed by atoms with Gasteiger partial charge in [0.15, 0.2) is 0 Å². The lowest BCUT2D eigenvalue weighted by Gasteiger charge is -2.11. The normalized spacial score (nSPS) is 10.7. The maximum absolute atomic E-state index is 12.0. The smallest absolute Gasteiger partial charge is 0.348 e. The highest BCUT2D eigenvalue weighted by Crippen LogP contribution is 2.11. The molecule has 2 aromatic heterocycles. The topological polar surface area (TPSA) is 79.0 Å². The standard InChI is InChI=1S/C14H18N4O3/c1-5-21-13(19)11-7-15-17(4)12(11)8-18-10(3)6-9(2)16-14(18)20/h6-7H,5,8H2,1-4H3. The van der Waals surface area contributed by atoms with Crippen molar-refractivity contribution in [3.8, 4) is 0 Å². The number of esters is 1. The first-order valence-corrected chi connectivity index (χ1v) is 6.67. The number of aromatic nitrogens is 4. The molecule has 0 saturated heterocycles. The Kier molecular flexibility index (Phi) is 4.21. The second-order valence-electron chi connectivity index (χ2n) is 4.76. The molecule has 7 nitrogen and oxygen atoms in total. The summed E-state index contributed by atoms with van der Waals surface area (Å²) in [5.41, 5.74) is 2.09. The number of carbonyl (C=O) groups is 1. The van der Waals surface area contributed by atoms with Crippen molar-refractivity contribution in [2.24, 2.45) is 7.05 Å². The first kappa shape index (κ1) is 15.0. The van der Waals surface area contributed by atoms with Crippen molar-refractivity contribution in [3.05, 3.63) is 45.4 Å². The highest BCUT2D eigenvalue weighted by molar-refractivity contribution is 5.90. The van der Waals surface area contributed by atoms with Crippen molar-refractivity contribution in [3.63, 3.8) is 0 Å². The Balaban J connectivity index is 2.43. The van der Waals surface area contributed by atoms with E-state index in [1.54, 1.807) is 25.6 Å². The highest BCUT2D eigenvalue weighted by atomic mass is 16.5. The van der Waals surface area contributed by atoms with Gasteiger partial charge in [-0.2, -0.15) is 10.1 Å². The maximum atomic E-state index is 12.0. The van der Waals surface area contributed by atoms with E-state index in [-0.39, 0.29) is 18.8 Å². The van der Waals surface area contributed by atoms with Crippen molar-refractivity contribution < 1.29 is 9.53 Å². The van der Waals surface area contributed by atoms with Gasteiger partial charge >= 0.3 is 11.7 Å². The molecule has 2 heterocycles. The van der Waals surface area contributed by atoms with Crippen molar-refractivity contribution in [1.29, 1.82) is 0 Å².